The van der Waals surface area contributed by atoms with Gasteiger partial charge in [0.1, 0.15) is 0 Å². The molecule has 1 aliphatic heterocycles. The summed E-state index contributed by atoms with van der Waals surface area (Å²) in [6.45, 7) is 6.51. The largest absolute Gasteiger partial charge is 0.355 e. The summed E-state index contributed by atoms with van der Waals surface area (Å²) < 4.78 is 0. The number of carbonyl (C=O) groups excluding carboxylic acids is 1. The van der Waals surface area contributed by atoms with Gasteiger partial charge in [0.25, 0.3) is 0 Å². The molecule has 26 heavy (non-hydrogen) atoms. The van der Waals surface area contributed by atoms with Gasteiger partial charge in [0.05, 0.1) is 6.42 Å². The van der Waals surface area contributed by atoms with Crippen LogP contribution in [0.1, 0.15) is 31.7 Å². The molecule has 3 rings (SSSR count). The zero-order valence-electron chi connectivity index (χ0n) is 15.8. The number of amides is 1. The summed E-state index contributed by atoms with van der Waals surface area (Å²) in [5.41, 5.74) is 3.45. The fourth-order valence-electron chi connectivity index (χ4n) is 3.63. The molecule has 0 spiro atoms. The van der Waals surface area contributed by atoms with Crippen LogP contribution in [-0.4, -0.2) is 37.0 Å². The first-order valence-electron chi connectivity index (χ1n) is 9.84. The average Bonchev–Trinajstić information content (AvgIpc) is 2.68. The van der Waals surface area contributed by atoms with Crippen LogP contribution in [0.4, 0.5) is 0 Å². The quantitative estimate of drug-likeness (QED) is 0.814. The van der Waals surface area contributed by atoms with E-state index in [0.29, 0.717) is 12.3 Å². The normalized spacial score (nSPS) is 16.2. The number of hydrogen-bond donors (Lipinski definition) is 1. The van der Waals surface area contributed by atoms with E-state index in [0.717, 1.165) is 18.7 Å². The van der Waals surface area contributed by atoms with Gasteiger partial charge in [-0.3, -0.25) is 4.79 Å². The maximum atomic E-state index is 12.2. The molecule has 1 N–H and O–H groups in total. The Morgan fingerprint density at radius 3 is 2.31 bits per heavy atom. The zero-order chi connectivity index (χ0) is 18.2. The van der Waals surface area contributed by atoms with Crippen molar-refractivity contribution in [3.8, 4) is 11.1 Å². The van der Waals surface area contributed by atoms with Gasteiger partial charge in [-0.2, -0.15) is 0 Å². The molecule has 1 saturated heterocycles. The highest BCUT2D eigenvalue weighted by Crippen LogP contribution is 2.19. The predicted molar refractivity (Wildman–Crippen MR) is 108 cm³/mol. The number of rotatable bonds is 7. The molecular weight excluding hydrogens is 320 g/mol. The van der Waals surface area contributed by atoms with E-state index in [9.17, 15) is 4.79 Å². The second-order valence-corrected chi connectivity index (χ2v) is 7.51. The summed E-state index contributed by atoms with van der Waals surface area (Å²) in [6, 6.07) is 18.6. The lowest BCUT2D eigenvalue weighted by molar-refractivity contribution is -0.120. The summed E-state index contributed by atoms with van der Waals surface area (Å²) in [5.74, 6) is 0.612. The highest BCUT2D eigenvalue weighted by molar-refractivity contribution is 5.78. The molecule has 2 aromatic carbocycles. The molecule has 0 saturated carbocycles. The standard InChI is InChI=1S/C23H30N2O/c1-19(18-25-14-6-3-7-15-25)17-24-23(26)16-20-10-12-22(13-11-20)21-8-4-2-5-9-21/h2,4-5,8-13,19H,3,6-7,14-18H2,1H3,(H,24,26). The second-order valence-electron chi connectivity index (χ2n) is 7.51. The van der Waals surface area contributed by atoms with Crippen molar-refractivity contribution >= 4 is 5.91 Å². The van der Waals surface area contributed by atoms with Crippen LogP contribution in [0.5, 0.6) is 0 Å². The van der Waals surface area contributed by atoms with Crippen LogP contribution in [0.3, 0.4) is 0 Å². The van der Waals surface area contributed by atoms with E-state index in [-0.39, 0.29) is 5.91 Å². The van der Waals surface area contributed by atoms with Crippen molar-refractivity contribution in [2.24, 2.45) is 5.92 Å². The summed E-state index contributed by atoms with van der Waals surface area (Å²) in [4.78, 5) is 14.8. The first-order chi connectivity index (χ1) is 12.7. The van der Waals surface area contributed by atoms with Crippen LogP contribution in [-0.2, 0) is 11.2 Å². The van der Waals surface area contributed by atoms with E-state index in [1.165, 1.54) is 43.5 Å². The number of nitrogens with one attached hydrogen (secondary N) is 1. The molecule has 1 aliphatic rings. The molecule has 3 heteroatoms. The van der Waals surface area contributed by atoms with E-state index in [1.54, 1.807) is 0 Å². The molecule has 138 valence electrons. The second kappa shape index (κ2) is 9.54. The summed E-state index contributed by atoms with van der Waals surface area (Å²) in [6.07, 6.45) is 4.45. The zero-order valence-corrected chi connectivity index (χ0v) is 15.8. The van der Waals surface area contributed by atoms with Gasteiger partial charge >= 0.3 is 0 Å². The molecule has 0 radical (unpaired) electrons. The number of carbonyl (C=O) groups is 1. The van der Waals surface area contributed by atoms with Crippen molar-refractivity contribution in [1.82, 2.24) is 10.2 Å². The van der Waals surface area contributed by atoms with Crippen LogP contribution in [0, 0.1) is 5.92 Å². The van der Waals surface area contributed by atoms with Gasteiger partial charge in [-0.15, -0.1) is 0 Å². The molecule has 1 heterocycles. The van der Waals surface area contributed by atoms with E-state index >= 15 is 0 Å². The minimum absolute atomic E-state index is 0.114. The lowest BCUT2D eigenvalue weighted by Gasteiger charge is -2.29. The molecule has 1 atom stereocenters. The molecule has 0 aliphatic carbocycles. The average molecular weight is 351 g/mol. The highest BCUT2D eigenvalue weighted by atomic mass is 16.1. The number of likely N-dealkylation sites (tertiary alicyclic amines) is 1. The van der Waals surface area contributed by atoms with Gasteiger partial charge in [-0.1, -0.05) is 67.9 Å². The summed E-state index contributed by atoms with van der Waals surface area (Å²) >= 11 is 0. The molecule has 1 amide bonds. The van der Waals surface area contributed by atoms with Crippen molar-refractivity contribution in [2.45, 2.75) is 32.6 Å². The van der Waals surface area contributed by atoms with Crippen molar-refractivity contribution < 1.29 is 4.79 Å². The van der Waals surface area contributed by atoms with E-state index in [4.69, 9.17) is 0 Å². The first-order valence-corrected chi connectivity index (χ1v) is 9.84. The van der Waals surface area contributed by atoms with Crippen molar-refractivity contribution in [3.05, 3.63) is 60.2 Å². The third-order valence-corrected chi connectivity index (χ3v) is 5.09. The topological polar surface area (TPSA) is 32.3 Å². The fraction of sp³-hybridized carbons (Fsp3) is 0.435. The lowest BCUT2D eigenvalue weighted by Crippen LogP contribution is -2.38. The minimum Gasteiger partial charge on any atom is -0.355 e. The monoisotopic (exact) mass is 350 g/mol. The van der Waals surface area contributed by atoms with E-state index in [1.807, 2.05) is 18.2 Å². The van der Waals surface area contributed by atoms with Gasteiger partial charge in [-0.05, 0) is 48.5 Å². The van der Waals surface area contributed by atoms with Gasteiger partial charge in [0.2, 0.25) is 5.91 Å². The van der Waals surface area contributed by atoms with Crippen molar-refractivity contribution in [3.63, 3.8) is 0 Å². The van der Waals surface area contributed by atoms with Crippen molar-refractivity contribution in [2.75, 3.05) is 26.2 Å². The SMILES string of the molecule is CC(CNC(=O)Cc1ccc(-c2ccccc2)cc1)CN1CCCCC1. The molecule has 2 aromatic rings. The van der Waals surface area contributed by atoms with Crippen LogP contribution in [0.2, 0.25) is 0 Å². The predicted octanol–water partition coefficient (Wildman–Crippen LogP) is 4.13. The maximum Gasteiger partial charge on any atom is 0.224 e. The maximum absolute atomic E-state index is 12.2. The van der Waals surface area contributed by atoms with Crippen LogP contribution < -0.4 is 5.32 Å². The van der Waals surface area contributed by atoms with Gasteiger partial charge in [-0.25, -0.2) is 0 Å². The third kappa shape index (κ3) is 5.70. The van der Waals surface area contributed by atoms with Gasteiger partial charge < -0.3 is 10.2 Å². The Morgan fingerprint density at radius 1 is 0.962 bits per heavy atom. The molecule has 1 fully saturated rings. The van der Waals surface area contributed by atoms with Crippen LogP contribution in [0.15, 0.2) is 54.6 Å². The molecule has 0 aromatic heterocycles. The molecular formula is C23H30N2O. The molecule has 3 nitrogen and oxygen atoms in total. The first kappa shape index (κ1) is 18.7. The summed E-state index contributed by atoms with van der Waals surface area (Å²) in [7, 11) is 0. The number of nitrogens with zero attached hydrogens (tertiary/aromatic N) is 1. The lowest BCUT2D eigenvalue weighted by atomic mass is 10.0. The molecule has 0 bridgehead atoms. The van der Waals surface area contributed by atoms with Gasteiger partial charge in [0, 0.05) is 13.1 Å². The Bertz CT molecular complexity index is 675. The Hall–Kier alpha value is -2.13. The highest BCUT2D eigenvalue weighted by Gasteiger charge is 2.14. The van der Waals surface area contributed by atoms with Crippen LogP contribution in [0.25, 0.3) is 11.1 Å². The minimum atomic E-state index is 0.114. The van der Waals surface area contributed by atoms with E-state index < -0.39 is 0 Å². The Morgan fingerprint density at radius 2 is 1.62 bits per heavy atom. The number of hydrogen-bond acceptors (Lipinski definition) is 2. The van der Waals surface area contributed by atoms with Gasteiger partial charge in [0.15, 0.2) is 0 Å². The van der Waals surface area contributed by atoms with Crippen molar-refractivity contribution in [1.29, 1.82) is 0 Å². The molecule has 1 unspecified atom stereocenters. The third-order valence-electron chi connectivity index (χ3n) is 5.09. The number of piperidine rings is 1. The Kier molecular flexibility index (Phi) is 6.84. The van der Waals surface area contributed by atoms with E-state index in [2.05, 4.69) is 53.5 Å². The van der Waals surface area contributed by atoms with Crippen LogP contribution >= 0.6 is 0 Å². The summed E-state index contributed by atoms with van der Waals surface area (Å²) in [5, 5.41) is 3.10. The Balaban J connectivity index is 1.43. The smallest absolute Gasteiger partial charge is 0.224 e. The Labute approximate surface area is 157 Å². The number of benzene rings is 2. The fourth-order valence-corrected chi connectivity index (χ4v) is 3.63.